The number of ether oxygens (including phenoxy) is 3. The maximum atomic E-state index is 13.9. The minimum absolute atomic E-state index is 0.0396. The Bertz CT molecular complexity index is 3630. The summed E-state index contributed by atoms with van der Waals surface area (Å²) in [4.78, 5) is 5.63. The van der Waals surface area contributed by atoms with E-state index in [9.17, 15) is 73.5 Å². The molecule has 6 rings (SSSR count). The van der Waals surface area contributed by atoms with Gasteiger partial charge in [0.1, 0.15) is 43.8 Å². The molecule has 1 atom stereocenters. The van der Waals surface area contributed by atoms with Crippen molar-refractivity contribution in [1.29, 1.82) is 0 Å². The maximum absolute atomic E-state index is 13.9. The molecule has 67 heavy (non-hydrogen) atoms. The molecule has 1 unspecified atom stereocenters. The number of ketones is 1. The SMILES string of the molecule is CCOc1ccc(C(=O)c2ccc(Oc3ccc(S(=O)(=O)c4ccc(C(C)Oc5ccc(S(=O)(=O)c6cccc(S(=O)(=O)O)c6)cc5S(=O)(=O)O)c(S(=O)(=O)O)c4)cc3S(=O)(=O)O)cc2)cc1. The first kappa shape index (κ1) is 50.3. The molecule has 354 valence electrons. The van der Waals surface area contributed by atoms with Gasteiger partial charge in [0.05, 0.1) is 31.1 Å². The summed E-state index contributed by atoms with van der Waals surface area (Å²) in [5, 5.41) is 0. The van der Waals surface area contributed by atoms with Crippen molar-refractivity contribution < 1.29 is 87.7 Å². The summed E-state index contributed by atoms with van der Waals surface area (Å²) in [5.74, 6) is -1.19. The molecule has 4 N–H and O–H groups in total. The van der Waals surface area contributed by atoms with Crippen LogP contribution in [-0.2, 0) is 60.1 Å². The molecule has 0 heterocycles. The van der Waals surface area contributed by atoms with Gasteiger partial charge in [0.2, 0.25) is 19.7 Å². The van der Waals surface area contributed by atoms with E-state index in [0.29, 0.717) is 42.2 Å². The summed E-state index contributed by atoms with van der Waals surface area (Å²) >= 11 is 0. The van der Waals surface area contributed by atoms with Gasteiger partial charge < -0.3 is 14.2 Å². The van der Waals surface area contributed by atoms with Gasteiger partial charge in [0, 0.05) is 16.7 Å². The van der Waals surface area contributed by atoms with Crippen LogP contribution in [0, 0.1) is 0 Å². The number of hydrogen-bond acceptors (Lipinski definition) is 16. The lowest BCUT2D eigenvalue weighted by Gasteiger charge is -2.20. The van der Waals surface area contributed by atoms with Crippen molar-refractivity contribution in [1.82, 2.24) is 0 Å². The normalized spacial score (nSPS) is 13.1. The fourth-order valence-corrected chi connectivity index (χ4v) is 11.9. The van der Waals surface area contributed by atoms with E-state index in [1.807, 2.05) is 0 Å². The highest BCUT2D eigenvalue weighted by molar-refractivity contribution is 7.92. The van der Waals surface area contributed by atoms with E-state index in [4.69, 9.17) is 14.2 Å². The summed E-state index contributed by atoms with van der Waals surface area (Å²) in [7, 11) is -30.5. The molecular formula is C41H34O20S6. The first-order valence-electron chi connectivity index (χ1n) is 18.7. The molecule has 0 aliphatic rings. The monoisotopic (exact) mass is 1040 g/mol. The van der Waals surface area contributed by atoms with Crippen LogP contribution in [0.1, 0.15) is 41.4 Å². The van der Waals surface area contributed by atoms with Gasteiger partial charge in [-0.2, -0.15) is 33.7 Å². The second-order valence-corrected chi connectivity index (χ2v) is 23.5. The van der Waals surface area contributed by atoms with Gasteiger partial charge in [-0.25, -0.2) is 16.8 Å². The van der Waals surface area contributed by atoms with Crippen molar-refractivity contribution >= 4 is 65.9 Å². The van der Waals surface area contributed by atoms with E-state index >= 15 is 0 Å². The van der Waals surface area contributed by atoms with E-state index in [2.05, 4.69) is 0 Å². The summed E-state index contributed by atoms with van der Waals surface area (Å²) in [6.45, 7) is 3.33. The van der Waals surface area contributed by atoms with Crippen molar-refractivity contribution in [3.8, 4) is 23.0 Å². The smallest absolute Gasteiger partial charge is 0.298 e. The van der Waals surface area contributed by atoms with E-state index in [1.54, 1.807) is 31.2 Å². The highest BCUT2D eigenvalue weighted by Gasteiger charge is 2.31. The fourth-order valence-electron chi connectivity index (χ4n) is 6.30. The molecule has 0 bridgehead atoms. The maximum Gasteiger partial charge on any atom is 0.298 e. The molecule has 0 aliphatic heterocycles. The van der Waals surface area contributed by atoms with Crippen molar-refractivity contribution in [3.63, 3.8) is 0 Å². The molecule has 0 aliphatic carbocycles. The number of carbonyl (C=O) groups excluding carboxylic acids is 1. The Hall–Kier alpha value is -6.07. The zero-order valence-corrected chi connectivity index (χ0v) is 39.1. The Morgan fingerprint density at radius 3 is 1.37 bits per heavy atom. The fraction of sp³-hybridized carbons (Fsp3) is 0.0976. The Balaban J connectivity index is 1.29. The lowest BCUT2D eigenvalue weighted by atomic mass is 10.0. The van der Waals surface area contributed by atoms with Gasteiger partial charge in [-0.1, -0.05) is 12.1 Å². The van der Waals surface area contributed by atoms with Crippen LogP contribution in [0.3, 0.4) is 0 Å². The van der Waals surface area contributed by atoms with Crippen molar-refractivity contribution in [2.45, 2.75) is 59.1 Å². The van der Waals surface area contributed by atoms with Crippen LogP contribution < -0.4 is 14.2 Å². The zero-order valence-electron chi connectivity index (χ0n) is 34.2. The van der Waals surface area contributed by atoms with E-state index in [-0.39, 0.29) is 17.1 Å². The van der Waals surface area contributed by atoms with Gasteiger partial charge in [-0.05, 0) is 129 Å². The first-order valence-corrected chi connectivity index (χ1v) is 27.4. The van der Waals surface area contributed by atoms with E-state index < -0.39 is 122 Å². The van der Waals surface area contributed by atoms with Crippen LogP contribution in [0.5, 0.6) is 23.0 Å². The Morgan fingerprint density at radius 2 is 0.896 bits per heavy atom. The van der Waals surface area contributed by atoms with Gasteiger partial charge in [0.25, 0.3) is 40.5 Å². The summed E-state index contributed by atoms with van der Waals surface area (Å²) in [6.07, 6.45) is -1.65. The Morgan fingerprint density at radius 1 is 0.478 bits per heavy atom. The molecular weight excluding hydrogens is 1000 g/mol. The van der Waals surface area contributed by atoms with Crippen LogP contribution in [0.15, 0.2) is 167 Å². The van der Waals surface area contributed by atoms with Crippen LogP contribution in [0.4, 0.5) is 0 Å². The van der Waals surface area contributed by atoms with Gasteiger partial charge in [-0.3, -0.25) is 23.0 Å². The van der Waals surface area contributed by atoms with Gasteiger partial charge in [-0.15, -0.1) is 0 Å². The third-order valence-electron chi connectivity index (χ3n) is 9.51. The lowest BCUT2D eigenvalue weighted by molar-refractivity contribution is 0.103. The third kappa shape index (κ3) is 11.2. The second kappa shape index (κ2) is 18.5. The molecule has 6 aromatic carbocycles. The quantitative estimate of drug-likeness (QED) is 0.0610. The summed E-state index contributed by atoms with van der Waals surface area (Å²) in [5.41, 5.74) is 0.0441. The minimum atomic E-state index is -5.38. The number of sulfone groups is 2. The number of carbonyl (C=O) groups is 1. The van der Waals surface area contributed by atoms with Crippen molar-refractivity contribution in [2.24, 2.45) is 0 Å². The molecule has 6 aromatic rings. The first-order chi connectivity index (χ1) is 31.0. The zero-order chi connectivity index (χ0) is 49.5. The Kier molecular flexibility index (Phi) is 13.9. The number of benzene rings is 6. The molecule has 0 saturated heterocycles. The van der Waals surface area contributed by atoms with Crippen molar-refractivity contribution in [3.05, 3.63) is 144 Å². The minimum Gasteiger partial charge on any atom is -0.494 e. The van der Waals surface area contributed by atoms with Crippen molar-refractivity contribution in [2.75, 3.05) is 6.61 Å². The largest absolute Gasteiger partial charge is 0.494 e. The highest BCUT2D eigenvalue weighted by atomic mass is 32.2. The van der Waals surface area contributed by atoms with Gasteiger partial charge in [0.15, 0.2) is 5.78 Å². The van der Waals surface area contributed by atoms with E-state index in [0.717, 1.165) is 61.5 Å². The topological polar surface area (TPSA) is 331 Å². The number of hydrogen-bond donors (Lipinski definition) is 4. The Labute approximate surface area is 384 Å². The molecule has 0 fully saturated rings. The molecule has 26 heteroatoms. The average Bonchev–Trinajstić information content (AvgIpc) is 3.25. The molecule has 0 radical (unpaired) electrons. The lowest BCUT2D eigenvalue weighted by Crippen LogP contribution is -2.14. The predicted octanol–water partition coefficient (Wildman–Crippen LogP) is 5.90. The number of rotatable bonds is 17. The predicted molar refractivity (Wildman–Crippen MR) is 233 cm³/mol. The summed E-state index contributed by atoms with van der Waals surface area (Å²) in [6, 6.07) is 21.4. The molecule has 20 nitrogen and oxygen atoms in total. The molecule has 0 aromatic heterocycles. The average molecular weight is 1040 g/mol. The molecule has 0 spiro atoms. The van der Waals surface area contributed by atoms with Crippen LogP contribution in [0.2, 0.25) is 0 Å². The van der Waals surface area contributed by atoms with Crippen LogP contribution >= 0.6 is 0 Å². The van der Waals surface area contributed by atoms with Gasteiger partial charge >= 0.3 is 0 Å². The van der Waals surface area contributed by atoms with E-state index in [1.165, 1.54) is 24.3 Å². The standard InChI is InChI=1S/C41H34O20S6/c1-3-59-28-11-7-26(8-12-28)41(42)27-9-13-29(14-10-27)61-37-20-17-33(24-40(37)67(56,57)58)63(45,46)31-15-18-35(38(22-31)65(50,51)52)25(2)60-36-19-16-32(23-39(36)66(53,54)55)62(43,44)30-5-4-6-34(21-30)64(47,48)49/h4-25H,3H2,1-2H3,(H,47,48,49)(H,50,51,52)(H,53,54,55)(H,56,57,58). The second-order valence-electron chi connectivity index (χ2n) is 14.0. The van der Waals surface area contributed by atoms with Crippen LogP contribution in [0.25, 0.3) is 0 Å². The van der Waals surface area contributed by atoms with Crippen LogP contribution in [-0.4, -0.2) is 81.1 Å². The summed E-state index contributed by atoms with van der Waals surface area (Å²) < 4.78 is 209. The highest BCUT2D eigenvalue weighted by Crippen LogP contribution is 2.37. The third-order valence-corrected chi connectivity index (χ3v) is 16.5. The molecule has 0 saturated carbocycles. The molecule has 0 amide bonds.